The average Bonchev–Trinajstić information content (AvgIpc) is 3.00. The zero-order valence-corrected chi connectivity index (χ0v) is 13.0. The number of hydrogen-bond acceptors (Lipinski definition) is 3. The summed E-state index contributed by atoms with van der Waals surface area (Å²) >= 11 is 0. The van der Waals surface area contributed by atoms with Crippen LogP contribution in [0.25, 0.3) is 10.9 Å². The third-order valence-corrected chi connectivity index (χ3v) is 4.88. The number of anilines is 1. The second-order valence-electron chi connectivity index (χ2n) is 6.45. The van der Waals surface area contributed by atoms with Crippen LogP contribution in [0.1, 0.15) is 18.4 Å². The van der Waals surface area contributed by atoms with Gasteiger partial charge >= 0.3 is 0 Å². The predicted octanol–water partition coefficient (Wildman–Crippen LogP) is 2.60. The molecule has 0 bridgehead atoms. The Hall–Kier alpha value is -2.10. The summed E-state index contributed by atoms with van der Waals surface area (Å²) in [6, 6.07) is 10.4. The number of aryl methyl sites for hydroxylation is 1. The molecular formula is C18H21N3O. The largest absolute Gasteiger partial charge is 0.355 e. The lowest BCUT2D eigenvalue weighted by atomic mass is 9.98. The average molecular weight is 295 g/mol. The molecule has 0 atom stereocenters. The van der Waals surface area contributed by atoms with Gasteiger partial charge in [-0.2, -0.15) is 0 Å². The number of pyridine rings is 1. The van der Waals surface area contributed by atoms with E-state index in [0.717, 1.165) is 50.4 Å². The van der Waals surface area contributed by atoms with E-state index in [0.29, 0.717) is 5.91 Å². The highest BCUT2D eigenvalue weighted by molar-refractivity contribution is 5.85. The predicted molar refractivity (Wildman–Crippen MR) is 88.0 cm³/mol. The third-order valence-electron chi connectivity index (χ3n) is 4.88. The molecular weight excluding hydrogens is 274 g/mol. The molecule has 2 saturated heterocycles. The molecule has 1 aromatic heterocycles. The molecule has 0 saturated carbocycles. The molecule has 22 heavy (non-hydrogen) atoms. The Morgan fingerprint density at radius 1 is 1.18 bits per heavy atom. The fraction of sp³-hybridized carbons (Fsp3) is 0.444. The van der Waals surface area contributed by atoms with Gasteiger partial charge in [-0.25, -0.2) is 4.98 Å². The number of hydrogen-bond donors (Lipinski definition) is 0. The van der Waals surface area contributed by atoms with Gasteiger partial charge in [-0.1, -0.05) is 18.2 Å². The third kappa shape index (κ3) is 2.23. The molecule has 2 aromatic rings. The van der Waals surface area contributed by atoms with Gasteiger partial charge in [0.1, 0.15) is 5.82 Å². The van der Waals surface area contributed by atoms with Gasteiger partial charge < -0.3 is 9.80 Å². The monoisotopic (exact) mass is 295 g/mol. The van der Waals surface area contributed by atoms with Crippen LogP contribution in [0.15, 0.2) is 30.3 Å². The summed E-state index contributed by atoms with van der Waals surface area (Å²) in [4.78, 5) is 21.4. The molecule has 0 unspecified atom stereocenters. The van der Waals surface area contributed by atoms with Gasteiger partial charge in [0.25, 0.3) is 0 Å². The second kappa shape index (κ2) is 5.27. The van der Waals surface area contributed by atoms with E-state index in [1.54, 1.807) is 0 Å². The van der Waals surface area contributed by atoms with Crippen molar-refractivity contribution in [2.24, 2.45) is 5.92 Å². The number of likely N-dealkylation sites (tertiary alicyclic amines) is 1. The van der Waals surface area contributed by atoms with E-state index in [4.69, 9.17) is 4.98 Å². The molecule has 0 aliphatic carbocycles. The van der Waals surface area contributed by atoms with E-state index in [9.17, 15) is 4.79 Å². The van der Waals surface area contributed by atoms with Crippen LogP contribution in [0.4, 0.5) is 5.82 Å². The lowest BCUT2D eigenvalue weighted by molar-refractivity contribution is -0.135. The molecule has 4 heteroatoms. The number of rotatable bonds is 2. The Bertz CT molecular complexity index is 715. The second-order valence-corrected chi connectivity index (χ2v) is 6.45. The molecule has 1 aromatic carbocycles. The van der Waals surface area contributed by atoms with Crippen LogP contribution in [0.5, 0.6) is 0 Å². The van der Waals surface area contributed by atoms with E-state index in [1.165, 1.54) is 10.9 Å². The summed E-state index contributed by atoms with van der Waals surface area (Å²) in [5.41, 5.74) is 2.28. The number of fused-ring (bicyclic) bond motifs is 1. The maximum atomic E-state index is 12.4. The number of amides is 1. The van der Waals surface area contributed by atoms with Crippen LogP contribution in [0.3, 0.4) is 0 Å². The van der Waals surface area contributed by atoms with Crippen molar-refractivity contribution in [2.45, 2.75) is 19.8 Å². The van der Waals surface area contributed by atoms with Crippen LogP contribution < -0.4 is 4.90 Å². The zero-order chi connectivity index (χ0) is 15.1. The topological polar surface area (TPSA) is 36.4 Å². The maximum absolute atomic E-state index is 12.4. The molecule has 1 amide bonds. The molecule has 3 heterocycles. The molecule has 2 fully saturated rings. The molecule has 2 aliphatic heterocycles. The summed E-state index contributed by atoms with van der Waals surface area (Å²) < 4.78 is 0. The van der Waals surface area contributed by atoms with Crippen molar-refractivity contribution in [1.29, 1.82) is 0 Å². The van der Waals surface area contributed by atoms with Crippen LogP contribution >= 0.6 is 0 Å². The van der Waals surface area contributed by atoms with Gasteiger partial charge in [-0.3, -0.25) is 4.79 Å². The van der Waals surface area contributed by atoms with Crippen LogP contribution in [-0.4, -0.2) is 42.0 Å². The molecule has 0 N–H and O–H groups in total. The SMILES string of the molecule is Cc1cc(N2CC(C(=O)N3CCCC3)C2)nc2ccccc12. The molecule has 4 nitrogen and oxygen atoms in total. The molecule has 0 radical (unpaired) electrons. The Morgan fingerprint density at radius 2 is 1.91 bits per heavy atom. The summed E-state index contributed by atoms with van der Waals surface area (Å²) in [5, 5.41) is 1.21. The van der Waals surface area contributed by atoms with E-state index < -0.39 is 0 Å². The van der Waals surface area contributed by atoms with Crippen molar-refractivity contribution in [3.63, 3.8) is 0 Å². The molecule has 0 spiro atoms. The number of nitrogens with zero attached hydrogens (tertiary/aromatic N) is 3. The minimum absolute atomic E-state index is 0.159. The number of benzene rings is 1. The number of carbonyl (C=O) groups excluding carboxylic acids is 1. The van der Waals surface area contributed by atoms with Crippen LogP contribution in [-0.2, 0) is 4.79 Å². The smallest absolute Gasteiger partial charge is 0.229 e. The molecule has 2 aliphatic rings. The van der Waals surface area contributed by atoms with Gasteiger partial charge in [0, 0.05) is 31.6 Å². The highest BCUT2D eigenvalue weighted by Crippen LogP contribution is 2.28. The molecule has 114 valence electrons. The van der Waals surface area contributed by atoms with Crippen molar-refractivity contribution in [1.82, 2.24) is 9.88 Å². The normalized spacial score (nSPS) is 18.8. The van der Waals surface area contributed by atoms with E-state index in [1.807, 2.05) is 17.0 Å². The van der Waals surface area contributed by atoms with Gasteiger partial charge in [-0.15, -0.1) is 0 Å². The molecule has 4 rings (SSSR count). The van der Waals surface area contributed by atoms with E-state index in [2.05, 4.69) is 30.0 Å². The van der Waals surface area contributed by atoms with E-state index in [-0.39, 0.29) is 5.92 Å². The number of para-hydroxylation sites is 1. The van der Waals surface area contributed by atoms with Gasteiger partial charge in [0.15, 0.2) is 0 Å². The highest BCUT2D eigenvalue weighted by Gasteiger charge is 2.36. The minimum Gasteiger partial charge on any atom is -0.355 e. The maximum Gasteiger partial charge on any atom is 0.229 e. The summed E-state index contributed by atoms with van der Waals surface area (Å²) in [6.07, 6.45) is 2.32. The number of aromatic nitrogens is 1. The quantitative estimate of drug-likeness (QED) is 0.854. The van der Waals surface area contributed by atoms with Gasteiger partial charge in [0.2, 0.25) is 5.91 Å². The van der Waals surface area contributed by atoms with Gasteiger partial charge in [0.05, 0.1) is 11.4 Å². The summed E-state index contributed by atoms with van der Waals surface area (Å²) in [7, 11) is 0. The first-order valence-electron chi connectivity index (χ1n) is 8.12. The number of carbonyl (C=O) groups is 1. The Balaban J connectivity index is 1.49. The Kier molecular flexibility index (Phi) is 3.25. The first-order chi connectivity index (χ1) is 10.7. The van der Waals surface area contributed by atoms with Crippen molar-refractivity contribution in [3.8, 4) is 0 Å². The Morgan fingerprint density at radius 3 is 2.68 bits per heavy atom. The Labute approximate surface area is 130 Å². The summed E-state index contributed by atoms with van der Waals surface area (Å²) in [5.74, 6) is 1.50. The first-order valence-corrected chi connectivity index (χ1v) is 8.12. The van der Waals surface area contributed by atoms with Crippen molar-refractivity contribution in [2.75, 3.05) is 31.1 Å². The van der Waals surface area contributed by atoms with Crippen molar-refractivity contribution >= 4 is 22.6 Å². The zero-order valence-electron chi connectivity index (χ0n) is 13.0. The van der Waals surface area contributed by atoms with E-state index >= 15 is 0 Å². The lowest BCUT2D eigenvalue weighted by Gasteiger charge is -2.40. The van der Waals surface area contributed by atoms with Crippen molar-refractivity contribution in [3.05, 3.63) is 35.9 Å². The standard InChI is InChI=1S/C18H21N3O/c1-13-10-17(19-16-7-3-2-6-15(13)16)21-11-14(12-21)18(22)20-8-4-5-9-20/h2-3,6-7,10,14H,4-5,8-9,11-12H2,1H3. The fourth-order valence-electron chi connectivity index (χ4n) is 3.51. The lowest BCUT2D eigenvalue weighted by Crippen LogP contribution is -2.54. The first kappa shape index (κ1) is 13.6. The summed E-state index contributed by atoms with van der Waals surface area (Å²) in [6.45, 7) is 5.63. The van der Waals surface area contributed by atoms with Gasteiger partial charge in [-0.05, 0) is 37.5 Å². The highest BCUT2D eigenvalue weighted by atomic mass is 16.2. The minimum atomic E-state index is 0.159. The fourth-order valence-corrected chi connectivity index (χ4v) is 3.51. The van der Waals surface area contributed by atoms with Crippen molar-refractivity contribution < 1.29 is 4.79 Å². The van der Waals surface area contributed by atoms with Crippen LogP contribution in [0, 0.1) is 12.8 Å². The van der Waals surface area contributed by atoms with Crippen LogP contribution in [0.2, 0.25) is 0 Å².